The average molecular weight is 461 g/mol. The van der Waals surface area contributed by atoms with Crippen LogP contribution in [0.3, 0.4) is 0 Å². The molecule has 7 heteroatoms. The van der Waals surface area contributed by atoms with Gasteiger partial charge in [0.25, 0.3) is 0 Å². The molecule has 1 N–H and O–H groups in total. The van der Waals surface area contributed by atoms with Gasteiger partial charge in [-0.05, 0) is 66.9 Å². The van der Waals surface area contributed by atoms with E-state index in [0.29, 0.717) is 46.9 Å². The summed E-state index contributed by atoms with van der Waals surface area (Å²) < 4.78 is 31.5. The molecule has 0 aliphatic carbocycles. The van der Waals surface area contributed by atoms with Gasteiger partial charge in [0.1, 0.15) is 17.7 Å². The van der Waals surface area contributed by atoms with Crippen molar-refractivity contribution in [2.24, 2.45) is 0 Å². The maximum Gasteiger partial charge on any atom is 0.231 e. The molecule has 2 heterocycles. The Hall–Kier alpha value is -3.87. The first kappa shape index (κ1) is 21.9. The Balaban J connectivity index is 1.28. The molecule has 34 heavy (non-hydrogen) atoms. The van der Waals surface area contributed by atoms with Gasteiger partial charge in [-0.25, -0.2) is 4.39 Å². The number of benzene rings is 3. The average Bonchev–Trinajstić information content (AvgIpc) is 3.43. The van der Waals surface area contributed by atoms with E-state index in [9.17, 15) is 14.0 Å². The lowest BCUT2D eigenvalue weighted by Gasteiger charge is -2.15. The summed E-state index contributed by atoms with van der Waals surface area (Å²) in [6.07, 6.45) is 0.543. The molecular weight excluding hydrogens is 437 g/mol. The predicted molar refractivity (Wildman–Crippen MR) is 124 cm³/mol. The summed E-state index contributed by atoms with van der Waals surface area (Å²) in [5.41, 5.74) is 4.15. The molecule has 1 amide bonds. The third-order valence-electron chi connectivity index (χ3n) is 6.03. The van der Waals surface area contributed by atoms with Crippen LogP contribution in [0.4, 0.5) is 4.39 Å². The molecule has 0 saturated carbocycles. The van der Waals surface area contributed by atoms with E-state index >= 15 is 0 Å². The van der Waals surface area contributed by atoms with Crippen molar-refractivity contribution in [1.82, 2.24) is 5.32 Å². The highest BCUT2D eigenvalue weighted by atomic mass is 19.1. The van der Waals surface area contributed by atoms with E-state index < -0.39 is 5.82 Å². The van der Waals surface area contributed by atoms with Crippen LogP contribution in [-0.4, -0.2) is 31.1 Å². The fourth-order valence-corrected chi connectivity index (χ4v) is 4.38. The molecule has 1 unspecified atom stereocenters. The molecule has 1 atom stereocenters. The molecule has 5 rings (SSSR count). The summed E-state index contributed by atoms with van der Waals surface area (Å²) in [5, 5.41) is 2.93. The topological polar surface area (TPSA) is 73.9 Å². The van der Waals surface area contributed by atoms with E-state index in [2.05, 4.69) is 5.32 Å². The molecule has 2 aliphatic heterocycles. The van der Waals surface area contributed by atoms with Gasteiger partial charge in [0, 0.05) is 23.1 Å². The quantitative estimate of drug-likeness (QED) is 0.551. The Morgan fingerprint density at radius 3 is 2.68 bits per heavy atom. The molecule has 0 saturated heterocycles. The molecule has 0 fully saturated rings. The maximum absolute atomic E-state index is 14.7. The summed E-state index contributed by atoms with van der Waals surface area (Å²) in [7, 11) is 0. The summed E-state index contributed by atoms with van der Waals surface area (Å²) in [6, 6.07) is 13.7. The van der Waals surface area contributed by atoms with Gasteiger partial charge in [-0.1, -0.05) is 12.1 Å². The van der Waals surface area contributed by atoms with Gasteiger partial charge in [0.05, 0.1) is 13.0 Å². The number of amides is 1. The normalized spacial score (nSPS) is 15.6. The van der Waals surface area contributed by atoms with Gasteiger partial charge in [-0.3, -0.25) is 9.59 Å². The second kappa shape index (κ2) is 8.82. The third-order valence-corrected chi connectivity index (χ3v) is 6.03. The lowest BCUT2D eigenvalue weighted by molar-refractivity contribution is -0.120. The number of Topliss-reactive ketones (excluding diaryl/α,β-unsaturated/α-hetero) is 1. The van der Waals surface area contributed by atoms with Crippen LogP contribution < -0.4 is 19.5 Å². The van der Waals surface area contributed by atoms with Crippen molar-refractivity contribution in [2.45, 2.75) is 32.8 Å². The van der Waals surface area contributed by atoms with Crippen LogP contribution in [0.15, 0.2) is 48.5 Å². The van der Waals surface area contributed by atoms with Crippen molar-refractivity contribution in [2.75, 3.05) is 13.3 Å². The van der Waals surface area contributed by atoms with E-state index in [1.54, 1.807) is 12.1 Å². The van der Waals surface area contributed by atoms with Crippen LogP contribution in [0, 0.1) is 12.7 Å². The summed E-state index contributed by atoms with van der Waals surface area (Å²) in [4.78, 5) is 24.3. The first-order valence-electron chi connectivity index (χ1n) is 11.1. The van der Waals surface area contributed by atoms with E-state index in [1.165, 1.54) is 19.1 Å². The van der Waals surface area contributed by atoms with Gasteiger partial charge in [0.2, 0.25) is 12.7 Å². The minimum absolute atomic E-state index is 0.130. The van der Waals surface area contributed by atoms with Crippen LogP contribution in [0.2, 0.25) is 0 Å². The van der Waals surface area contributed by atoms with E-state index in [4.69, 9.17) is 14.2 Å². The molecule has 0 radical (unpaired) electrons. The molecule has 174 valence electrons. The number of carbonyl (C=O) groups is 2. The number of aryl methyl sites for hydroxylation is 1. The number of hydrogen-bond acceptors (Lipinski definition) is 5. The highest BCUT2D eigenvalue weighted by Crippen LogP contribution is 2.41. The third kappa shape index (κ3) is 4.33. The lowest BCUT2D eigenvalue weighted by atomic mass is 9.95. The molecule has 0 aromatic heterocycles. The Labute approximate surface area is 196 Å². The first-order chi connectivity index (χ1) is 16.4. The van der Waals surface area contributed by atoms with Gasteiger partial charge in [-0.15, -0.1) is 0 Å². The SMILES string of the molecule is CC(=O)c1ccc(F)c(-c2cc(C)cc3c2OC(CNC(=O)Cc2ccc4c(c2)OCO4)C3)c1. The number of halogens is 1. The van der Waals surface area contributed by atoms with Crippen molar-refractivity contribution in [3.63, 3.8) is 0 Å². The molecule has 2 aliphatic rings. The van der Waals surface area contributed by atoms with E-state index in [1.807, 2.05) is 31.2 Å². The summed E-state index contributed by atoms with van der Waals surface area (Å²) >= 11 is 0. The van der Waals surface area contributed by atoms with Crippen LogP contribution in [-0.2, 0) is 17.6 Å². The van der Waals surface area contributed by atoms with Gasteiger partial charge >= 0.3 is 0 Å². The monoisotopic (exact) mass is 461 g/mol. The standard InChI is InChI=1S/C27H24FNO5/c1-15-7-19-11-20(13-29-26(31)10-17-3-6-24-25(9-17)33-14-32-24)34-27(19)22(8-15)21-12-18(16(2)30)4-5-23(21)28/h3-9,12,20H,10-11,13-14H2,1-2H3,(H,29,31). The Bertz CT molecular complexity index is 1300. The van der Waals surface area contributed by atoms with Crippen molar-refractivity contribution in [1.29, 1.82) is 0 Å². The molecule has 3 aromatic rings. The fraction of sp³-hybridized carbons (Fsp3) is 0.259. The van der Waals surface area contributed by atoms with Crippen LogP contribution >= 0.6 is 0 Å². The predicted octanol–water partition coefficient (Wildman–Crippen LogP) is 4.39. The van der Waals surface area contributed by atoms with Crippen molar-refractivity contribution in [3.05, 3.63) is 76.6 Å². The van der Waals surface area contributed by atoms with Gasteiger partial charge < -0.3 is 19.5 Å². The smallest absolute Gasteiger partial charge is 0.231 e. The number of fused-ring (bicyclic) bond motifs is 2. The minimum atomic E-state index is -0.415. The molecular formula is C27H24FNO5. The second-order valence-electron chi connectivity index (χ2n) is 8.66. The molecule has 0 bridgehead atoms. The maximum atomic E-state index is 14.7. The second-order valence-corrected chi connectivity index (χ2v) is 8.66. The molecule has 0 spiro atoms. The highest BCUT2D eigenvalue weighted by molar-refractivity contribution is 5.95. The summed E-state index contributed by atoms with van der Waals surface area (Å²) in [6.45, 7) is 3.91. The number of nitrogens with one attached hydrogen (secondary N) is 1. The lowest BCUT2D eigenvalue weighted by Crippen LogP contribution is -2.35. The Morgan fingerprint density at radius 2 is 1.85 bits per heavy atom. The zero-order chi connectivity index (χ0) is 23.8. The zero-order valence-electron chi connectivity index (χ0n) is 18.9. The van der Waals surface area contributed by atoms with Gasteiger partial charge in [0.15, 0.2) is 17.3 Å². The molecule has 6 nitrogen and oxygen atoms in total. The van der Waals surface area contributed by atoms with Crippen LogP contribution in [0.5, 0.6) is 17.2 Å². The van der Waals surface area contributed by atoms with Crippen molar-refractivity contribution < 1.29 is 28.2 Å². The zero-order valence-corrected chi connectivity index (χ0v) is 18.9. The number of hydrogen-bond donors (Lipinski definition) is 1. The number of carbonyl (C=O) groups excluding carboxylic acids is 2. The number of ketones is 1. The first-order valence-corrected chi connectivity index (χ1v) is 11.1. The Kier molecular flexibility index (Phi) is 5.69. The fourth-order valence-electron chi connectivity index (χ4n) is 4.38. The van der Waals surface area contributed by atoms with E-state index in [-0.39, 0.29) is 31.0 Å². The van der Waals surface area contributed by atoms with Crippen LogP contribution in [0.1, 0.15) is 34.0 Å². The minimum Gasteiger partial charge on any atom is -0.487 e. The number of ether oxygens (including phenoxy) is 3. The summed E-state index contributed by atoms with van der Waals surface area (Å²) in [5.74, 6) is 1.24. The Morgan fingerprint density at radius 1 is 1.03 bits per heavy atom. The largest absolute Gasteiger partial charge is 0.487 e. The van der Waals surface area contributed by atoms with E-state index in [0.717, 1.165) is 16.7 Å². The van der Waals surface area contributed by atoms with Crippen LogP contribution in [0.25, 0.3) is 11.1 Å². The van der Waals surface area contributed by atoms with Crippen molar-refractivity contribution in [3.8, 4) is 28.4 Å². The van der Waals surface area contributed by atoms with Crippen molar-refractivity contribution >= 4 is 11.7 Å². The molecule has 3 aromatic carbocycles. The number of rotatable bonds is 6. The van der Waals surface area contributed by atoms with Gasteiger partial charge in [-0.2, -0.15) is 0 Å². The highest BCUT2D eigenvalue weighted by Gasteiger charge is 2.28.